The summed E-state index contributed by atoms with van der Waals surface area (Å²) < 4.78 is 33.5. The van der Waals surface area contributed by atoms with Crippen LogP contribution in [0, 0.1) is 0 Å². The Morgan fingerprint density at radius 1 is 1.06 bits per heavy atom. The number of ether oxygens (including phenoxy) is 1. The van der Waals surface area contributed by atoms with Crippen molar-refractivity contribution in [2.75, 3.05) is 11.5 Å². The largest absolute Gasteiger partial charge is 0.468 e. The molecule has 0 unspecified atom stereocenters. The van der Waals surface area contributed by atoms with Gasteiger partial charge < -0.3 is 4.74 Å². The number of fused-ring (bicyclic) bond motifs is 1. The highest BCUT2D eigenvalue weighted by molar-refractivity contribution is 7.92. The molecule has 4 aromatic rings. The van der Waals surface area contributed by atoms with E-state index in [0.717, 1.165) is 4.41 Å². The molecule has 0 saturated carbocycles. The van der Waals surface area contributed by atoms with E-state index in [4.69, 9.17) is 16.3 Å². The van der Waals surface area contributed by atoms with E-state index in [1.54, 1.807) is 68.6 Å². The highest BCUT2D eigenvalue weighted by Crippen LogP contribution is 2.30. The monoisotopic (exact) mass is 485 g/mol. The normalized spacial score (nSPS) is 12.0. The average molecular weight is 486 g/mol. The van der Waals surface area contributed by atoms with Crippen LogP contribution in [0.2, 0.25) is 5.02 Å². The van der Waals surface area contributed by atoms with E-state index >= 15 is 0 Å². The van der Waals surface area contributed by atoms with Gasteiger partial charge in [-0.05, 0) is 73.2 Å². The highest BCUT2D eigenvalue weighted by Gasteiger charge is 2.33. The summed E-state index contributed by atoms with van der Waals surface area (Å²) in [7, 11) is -2.85. The smallest absolute Gasteiger partial charge is 0.315 e. The van der Waals surface area contributed by atoms with Crippen molar-refractivity contribution in [2.24, 2.45) is 0 Å². The summed E-state index contributed by atoms with van der Waals surface area (Å²) in [6, 6.07) is 15.7. The number of pyridine rings is 1. The number of aromatic nitrogens is 4. The van der Waals surface area contributed by atoms with Crippen LogP contribution in [0.5, 0.6) is 0 Å². The third kappa shape index (κ3) is 4.03. The number of halogens is 1. The maximum Gasteiger partial charge on any atom is 0.315 e. The van der Waals surface area contributed by atoms with E-state index in [0.29, 0.717) is 27.4 Å². The molecule has 0 spiro atoms. The Labute approximate surface area is 195 Å². The van der Waals surface area contributed by atoms with E-state index in [2.05, 4.69) is 15.3 Å². The van der Waals surface area contributed by atoms with Gasteiger partial charge in [-0.15, -0.1) is 9.89 Å². The van der Waals surface area contributed by atoms with E-state index in [9.17, 15) is 13.2 Å². The van der Waals surface area contributed by atoms with Gasteiger partial charge in [-0.1, -0.05) is 23.7 Å². The van der Waals surface area contributed by atoms with Crippen molar-refractivity contribution in [3.8, 4) is 0 Å². The van der Waals surface area contributed by atoms with Crippen molar-refractivity contribution < 1.29 is 17.9 Å². The zero-order valence-corrected chi connectivity index (χ0v) is 19.6. The average Bonchev–Trinajstić information content (AvgIpc) is 3.23. The third-order valence-corrected chi connectivity index (χ3v) is 7.16. The van der Waals surface area contributed by atoms with Gasteiger partial charge in [-0.3, -0.25) is 4.79 Å². The predicted molar refractivity (Wildman–Crippen MR) is 123 cm³/mol. The molecule has 0 radical (unpaired) electrons. The zero-order valence-electron chi connectivity index (χ0n) is 18.0. The van der Waals surface area contributed by atoms with Gasteiger partial charge in [0.05, 0.1) is 23.1 Å². The SMILES string of the molecule is COC(=O)C(C)(C)c1ccc(S(=O)(=O)N(c2ccc(Cl)cc2)n2nnc3ncccc32)cc1. The van der Waals surface area contributed by atoms with Gasteiger partial charge in [0.25, 0.3) is 10.0 Å². The number of anilines is 1. The Balaban J connectivity index is 1.85. The van der Waals surface area contributed by atoms with Crippen LogP contribution in [0.4, 0.5) is 5.69 Å². The van der Waals surface area contributed by atoms with E-state index in [1.807, 2.05) is 0 Å². The maximum absolute atomic E-state index is 13.8. The lowest BCUT2D eigenvalue weighted by molar-refractivity contribution is -0.146. The molecule has 2 aromatic carbocycles. The Morgan fingerprint density at radius 2 is 1.73 bits per heavy atom. The molecule has 0 aliphatic heterocycles. The molecule has 0 N–H and O–H groups in total. The number of nitrogens with zero attached hydrogens (tertiary/aromatic N) is 5. The molecule has 2 heterocycles. The van der Waals surface area contributed by atoms with Crippen LogP contribution < -0.4 is 4.41 Å². The minimum atomic E-state index is -4.16. The van der Waals surface area contributed by atoms with Gasteiger partial charge in [0, 0.05) is 11.2 Å². The van der Waals surface area contributed by atoms with Crippen LogP contribution in [-0.4, -0.2) is 41.6 Å². The number of hydrogen-bond acceptors (Lipinski definition) is 7. The lowest BCUT2D eigenvalue weighted by atomic mass is 9.85. The number of carbonyl (C=O) groups is 1. The molecule has 0 aliphatic carbocycles. The second-order valence-electron chi connectivity index (χ2n) is 7.69. The van der Waals surface area contributed by atoms with Crippen LogP contribution in [-0.2, 0) is 25.0 Å². The summed E-state index contributed by atoms with van der Waals surface area (Å²) in [5.74, 6) is -0.428. The molecular weight excluding hydrogens is 466 g/mol. The van der Waals surface area contributed by atoms with Crippen molar-refractivity contribution in [2.45, 2.75) is 24.2 Å². The van der Waals surface area contributed by atoms with E-state index < -0.39 is 21.4 Å². The summed E-state index contributed by atoms with van der Waals surface area (Å²) in [4.78, 5) is 17.4. The molecule has 11 heteroatoms. The third-order valence-electron chi connectivity index (χ3n) is 5.22. The molecule has 4 rings (SSSR count). The molecule has 33 heavy (non-hydrogen) atoms. The summed E-state index contributed by atoms with van der Waals surface area (Å²) in [5.41, 5.74) is 0.665. The topological polar surface area (TPSA) is 107 Å². The fourth-order valence-electron chi connectivity index (χ4n) is 3.32. The molecule has 9 nitrogen and oxygen atoms in total. The van der Waals surface area contributed by atoms with Crippen molar-refractivity contribution in [1.29, 1.82) is 0 Å². The predicted octanol–water partition coefficient (Wildman–Crippen LogP) is 3.59. The van der Waals surface area contributed by atoms with Crippen LogP contribution >= 0.6 is 11.6 Å². The summed E-state index contributed by atoms with van der Waals surface area (Å²) >= 11 is 6.01. The van der Waals surface area contributed by atoms with Crippen molar-refractivity contribution in [3.05, 3.63) is 77.4 Å². The minimum Gasteiger partial charge on any atom is -0.468 e. The van der Waals surface area contributed by atoms with Crippen LogP contribution in [0.3, 0.4) is 0 Å². The molecule has 0 amide bonds. The summed E-state index contributed by atoms with van der Waals surface area (Å²) in [6.07, 6.45) is 1.55. The Morgan fingerprint density at radius 3 is 2.36 bits per heavy atom. The minimum absolute atomic E-state index is 0.00518. The molecule has 0 atom stereocenters. The van der Waals surface area contributed by atoms with Crippen LogP contribution in [0.1, 0.15) is 19.4 Å². The van der Waals surface area contributed by atoms with Crippen molar-refractivity contribution >= 4 is 44.4 Å². The lowest BCUT2D eigenvalue weighted by Gasteiger charge is -2.25. The van der Waals surface area contributed by atoms with Crippen LogP contribution in [0.15, 0.2) is 71.8 Å². The molecule has 0 saturated heterocycles. The zero-order chi connectivity index (χ0) is 23.8. The van der Waals surface area contributed by atoms with Crippen molar-refractivity contribution in [3.63, 3.8) is 0 Å². The molecule has 2 aromatic heterocycles. The van der Waals surface area contributed by atoms with Gasteiger partial charge in [0.15, 0.2) is 0 Å². The number of methoxy groups -OCH3 is 1. The molecule has 0 aliphatic rings. The Kier molecular flexibility index (Phi) is 5.81. The number of hydrogen-bond donors (Lipinski definition) is 0. The molecule has 0 bridgehead atoms. The number of rotatable bonds is 6. The Hall–Kier alpha value is -3.50. The fourth-order valence-corrected chi connectivity index (χ4v) is 4.85. The highest BCUT2D eigenvalue weighted by atomic mass is 35.5. The fraction of sp³-hybridized carbons (Fsp3) is 0.182. The molecular formula is C22H20ClN5O4S. The number of carbonyl (C=O) groups excluding carboxylic acids is 1. The first-order valence-electron chi connectivity index (χ1n) is 9.83. The van der Waals surface area contributed by atoms with Crippen LogP contribution in [0.25, 0.3) is 11.2 Å². The molecule has 0 fully saturated rings. The van der Waals surface area contributed by atoms with Gasteiger partial charge >= 0.3 is 5.97 Å². The van der Waals surface area contributed by atoms with Gasteiger partial charge in [-0.25, -0.2) is 4.98 Å². The summed E-state index contributed by atoms with van der Waals surface area (Å²) in [5, 5.41) is 8.47. The Bertz CT molecular complexity index is 1420. The number of benzene rings is 2. The lowest BCUT2D eigenvalue weighted by Crippen LogP contribution is -2.37. The van der Waals surface area contributed by atoms with Gasteiger partial charge in [-0.2, -0.15) is 12.8 Å². The standard InChI is InChI=1S/C22H20ClN5O4S/c1-22(2,21(29)32-3)15-6-12-18(13-7-15)33(30,31)28(17-10-8-16(23)9-11-17)27-19-5-4-14-24-20(19)25-26-27/h4-14H,1-3H3. The maximum atomic E-state index is 13.8. The number of esters is 1. The summed E-state index contributed by atoms with van der Waals surface area (Å²) in [6.45, 7) is 3.41. The second kappa shape index (κ2) is 8.45. The van der Waals surface area contributed by atoms with Gasteiger partial charge in [0.2, 0.25) is 5.65 Å². The first kappa shape index (κ1) is 22.7. The first-order chi connectivity index (χ1) is 15.7. The quantitative estimate of drug-likeness (QED) is 0.384. The van der Waals surface area contributed by atoms with Crippen molar-refractivity contribution in [1.82, 2.24) is 20.1 Å². The molecule has 170 valence electrons. The second-order valence-corrected chi connectivity index (χ2v) is 9.89. The van der Waals surface area contributed by atoms with E-state index in [1.165, 1.54) is 24.0 Å². The van der Waals surface area contributed by atoms with Gasteiger partial charge in [0.1, 0.15) is 5.52 Å². The first-order valence-corrected chi connectivity index (χ1v) is 11.6. The van der Waals surface area contributed by atoms with E-state index in [-0.39, 0.29) is 4.90 Å². The number of sulfonamides is 1.